The minimum atomic E-state index is -0.501. The number of hydrogen-bond donors (Lipinski definition) is 3. The van der Waals surface area contributed by atoms with Gasteiger partial charge in [-0.25, -0.2) is 0 Å². The van der Waals surface area contributed by atoms with Crippen molar-refractivity contribution in [3.63, 3.8) is 0 Å². The predicted molar refractivity (Wildman–Crippen MR) is 86.4 cm³/mol. The third-order valence-electron chi connectivity index (χ3n) is 3.27. The van der Waals surface area contributed by atoms with Crippen LogP contribution in [-0.4, -0.2) is 21.2 Å². The Balaban J connectivity index is 1.82. The standard InChI is InChI=1S/C17H12N4O2/c18-9-13(7-11-1-5-15(22)6-2-11)17(23)20-14-4-3-12-10-19-21-16(12)8-14/h1-8,10,22H,(H,19,21)(H,20,23)/b13-7+. The zero-order valence-electron chi connectivity index (χ0n) is 11.9. The van der Waals surface area contributed by atoms with Gasteiger partial charge in [0.05, 0.1) is 11.7 Å². The number of anilines is 1. The summed E-state index contributed by atoms with van der Waals surface area (Å²) in [5, 5.41) is 28.8. The molecule has 2 aromatic carbocycles. The Kier molecular flexibility index (Phi) is 3.77. The number of carbonyl (C=O) groups is 1. The number of nitriles is 1. The molecule has 23 heavy (non-hydrogen) atoms. The molecule has 0 atom stereocenters. The summed E-state index contributed by atoms with van der Waals surface area (Å²) in [7, 11) is 0. The first kappa shape index (κ1) is 14.4. The third kappa shape index (κ3) is 3.19. The molecule has 3 rings (SSSR count). The number of amides is 1. The van der Waals surface area contributed by atoms with Crippen LogP contribution in [0.3, 0.4) is 0 Å². The topological polar surface area (TPSA) is 102 Å². The molecule has 0 radical (unpaired) electrons. The lowest BCUT2D eigenvalue weighted by Crippen LogP contribution is -2.13. The molecule has 6 heteroatoms. The van der Waals surface area contributed by atoms with E-state index in [0.717, 1.165) is 10.9 Å². The van der Waals surface area contributed by atoms with Gasteiger partial charge in [-0.15, -0.1) is 0 Å². The quantitative estimate of drug-likeness (QED) is 0.511. The number of rotatable bonds is 3. The van der Waals surface area contributed by atoms with Gasteiger partial charge in [0, 0.05) is 11.1 Å². The minimum Gasteiger partial charge on any atom is -0.508 e. The van der Waals surface area contributed by atoms with E-state index in [1.54, 1.807) is 30.5 Å². The van der Waals surface area contributed by atoms with Gasteiger partial charge >= 0.3 is 0 Å². The highest BCUT2D eigenvalue weighted by Gasteiger charge is 2.10. The van der Waals surface area contributed by atoms with Gasteiger partial charge in [-0.2, -0.15) is 10.4 Å². The average Bonchev–Trinajstić information content (AvgIpc) is 3.02. The molecule has 0 bridgehead atoms. The van der Waals surface area contributed by atoms with Crippen LogP contribution in [0.2, 0.25) is 0 Å². The third-order valence-corrected chi connectivity index (χ3v) is 3.27. The van der Waals surface area contributed by atoms with Crippen molar-refractivity contribution in [2.45, 2.75) is 0 Å². The lowest BCUT2D eigenvalue weighted by molar-refractivity contribution is -0.112. The van der Waals surface area contributed by atoms with Gasteiger partial charge in [0.2, 0.25) is 0 Å². The Bertz CT molecular complexity index is 933. The Morgan fingerprint density at radius 1 is 1.26 bits per heavy atom. The fourth-order valence-electron chi connectivity index (χ4n) is 2.10. The lowest BCUT2D eigenvalue weighted by atomic mass is 10.1. The number of carbonyl (C=O) groups excluding carboxylic acids is 1. The van der Waals surface area contributed by atoms with Crippen LogP contribution >= 0.6 is 0 Å². The fraction of sp³-hybridized carbons (Fsp3) is 0. The zero-order valence-corrected chi connectivity index (χ0v) is 11.9. The first-order valence-corrected chi connectivity index (χ1v) is 6.81. The first-order valence-electron chi connectivity index (χ1n) is 6.81. The van der Waals surface area contributed by atoms with E-state index in [1.165, 1.54) is 18.2 Å². The molecule has 3 aromatic rings. The summed E-state index contributed by atoms with van der Waals surface area (Å²) in [6, 6.07) is 13.4. The van der Waals surface area contributed by atoms with Crippen molar-refractivity contribution < 1.29 is 9.90 Å². The number of hydrogen-bond acceptors (Lipinski definition) is 4. The zero-order chi connectivity index (χ0) is 16.2. The van der Waals surface area contributed by atoms with E-state index < -0.39 is 5.91 Å². The smallest absolute Gasteiger partial charge is 0.266 e. The van der Waals surface area contributed by atoms with E-state index in [-0.39, 0.29) is 11.3 Å². The van der Waals surface area contributed by atoms with Gasteiger partial charge in [0.15, 0.2) is 0 Å². The highest BCUT2D eigenvalue weighted by atomic mass is 16.3. The van der Waals surface area contributed by atoms with Crippen LogP contribution in [0.1, 0.15) is 5.56 Å². The Labute approximate surface area is 131 Å². The molecule has 1 heterocycles. The number of aromatic amines is 1. The van der Waals surface area contributed by atoms with Crippen molar-refractivity contribution in [2.24, 2.45) is 0 Å². The van der Waals surface area contributed by atoms with Gasteiger partial charge in [0.1, 0.15) is 17.4 Å². The molecule has 0 aliphatic carbocycles. The largest absolute Gasteiger partial charge is 0.508 e. The van der Waals surface area contributed by atoms with Crippen LogP contribution in [-0.2, 0) is 4.79 Å². The van der Waals surface area contributed by atoms with Crippen molar-refractivity contribution in [1.82, 2.24) is 10.2 Å². The maximum absolute atomic E-state index is 12.2. The second-order valence-corrected chi connectivity index (χ2v) is 4.89. The molecule has 1 amide bonds. The van der Waals surface area contributed by atoms with Crippen molar-refractivity contribution in [1.29, 1.82) is 5.26 Å². The van der Waals surface area contributed by atoms with Crippen molar-refractivity contribution in [2.75, 3.05) is 5.32 Å². The molecule has 6 nitrogen and oxygen atoms in total. The van der Waals surface area contributed by atoms with Gasteiger partial charge in [0.25, 0.3) is 5.91 Å². The van der Waals surface area contributed by atoms with Crippen LogP contribution in [0.15, 0.2) is 54.2 Å². The number of phenolic OH excluding ortho intramolecular Hbond substituents is 1. The molecule has 3 N–H and O–H groups in total. The van der Waals surface area contributed by atoms with E-state index in [1.807, 2.05) is 12.1 Å². The number of benzene rings is 2. The second kappa shape index (κ2) is 6.03. The van der Waals surface area contributed by atoms with E-state index in [9.17, 15) is 15.2 Å². The monoisotopic (exact) mass is 304 g/mol. The molecule has 0 aliphatic rings. The maximum atomic E-state index is 12.2. The Hall–Kier alpha value is -3.59. The van der Waals surface area contributed by atoms with E-state index >= 15 is 0 Å². The Morgan fingerprint density at radius 2 is 2.04 bits per heavy atom. The lowest BCUT2D eigenvalue weighted by Gasteiger charge is -2.04. The van der Waals surface area contributed by atoms with Crippen LogP contribution < -0.4 is 5.32 Å². The summed E-state index contributed by atoms with van der Waals surface area (Å²) in [5.74, 6) is -0.377. The first-order chi connectivity index (χ1) is 11.2. The molecule has 112 valence electrons. The molecule has 0 saturated carbocycles. The Morgan fingerprint density at radius 3 is 2.78 bits per heavy atom. The van der Waals surface area contributed by atoms with E-state index in [2.05, 4.69) is 15.5 Å². The molecule has 0 unspecified atom stereocenters. The van der Waals surface area contributed by atoms with Crippen LogP contribution in [0.5, 0.6) is 5.75 Å². The number of H-pyrrole nitrogens is 1. The average molecular weight is 304 g/mol. The van der Waals surface area contributed by atoms with Gasteiger partial charge in [-0.3, -0.25) is 9.89 Å². The summed E-state index contributed by atoms with van der Waals surface area (Å²) in [6.45, 7) is 0. The highest BCUT2D eigenvalue weighted by Crippen LogP contribution is 2.18. The van der Waals surface area contributed by atoms with Gasteiger partial charge < -0.3 is 10.4 Å². The van der Waals surface area contributed by atoms with Crippen molar-refractivity contribution in [3.8, 4) is 11.8 Å². The van der Waals surface area contributed by atoms with E-state index in [4.69, 9.17) is 0 Å². The van der Waals surface area contributed by atoms with E-state index in [0.29, 0.717) is 11.3 Å². The summed E-state index contributed by atoms with van der Waals surface area (Å²) in [5.41, 5.74) is 1.99. The van der Waals surface area contributed by atoms with Gasteiger partial charge in [-0.1, -0.05) is 12.1 Å². The number of aromatic nitrogens is 2. The predicted octanol–water partition coefficient (Wildman–Crippen LogP) is 2.81. The molecule has 0 saturated heterocycles. The van der Waals surface area contributed by atoms with Gasteiger partial charge in [-0.05, 0) is 42.0 Å². The van der Waals surface area contributed by atoms with Crippen LogP contribution in [0.25, 0.3) is 17.0 Å². The number of fused-ring (bicyclic) bond motifs is 1. The fourth-order valence-corrected chi connectivity index (χ4v) is 2.10. The van der Waals surface area contributed by atoms with Crippen molar-refractivity contribution >= 4 is 28.6 Å². The van der Waals surface area contributed by atoms with Crippen LogP contribution in [0, 0.1) is 11.3 Å². The molecular formula is C17H12N4O2. The summed E-state index contributed by atoms with van der Waals surface area (Å²) < 4.78 is 0. The second-order valence-electron chi connectivity index (χ2n) is 4.89. The minimum absolute atomic E-state index is 0.0274. The number of nitrogens with one attached hydrogen (secondary N) is 2. The number of nitrogens with zero attached hydrogens (tertiary/aromatic N) is 2. The molecule has 0 fully saturated rings. The SMILES string of the molecule is N#C/C(=C\c1ccc(O)cc1)C(=O)Nc1ccc2cn[nH]c2c1. The summed E-state index contributed by atoms with van der Waals surface area (Å²) in [4.78, 5) is 12.2. The summed E-state index contributed by atoms with van der Waals surface area (Å²) >= 11 is 0. The van der Waals surface area contributed by atoms with Crippen LogP contribution in [0.4, 0.5) is 5.69 Å². The van der Waals surface area contributed by atoms with Crippen molar-refractivity contribution in [3.05, 3.63) is 59.8 Å². The summed E-state index contributed by atoms with van der Waals surface area (Å²) in [6.07, 6.45) is 3.15. The normalized spacial score (nSPS) is 11.2. The number of phenols is 1. The molecular weight excluding hydrogens is 292 g/mol. The molecule has 0 aliphatic heterocycles. The maximum Gasteiger partial charge on any atom is 0.266 e. The number of aromatic hydroxyl groups is 1. The molecule has 0 spiro atoms. The highest BCUT2D eigenvalue weighted by molar-refractivity contribution is 6.10. The molecule has 1 aromatic heterocycles.